The number of nitrogens with one attached hydrogen (secondary N) is 1. The molecule has 0 bridgehead atoms. The van der Waals surface area contributed by atoms with Gasteiger partial charge >= 0.3 is 11.9 Å². The lowest BCUT2D eigenvalue weighted by molar-refractivity contribution is -0.140. The maximum atomic E-state index is 12.7. The molecule has 7 nitrogen and oxygen atoms in total. The van der Waals surface area contributed by atoms with Crippen LogP contribution in [0.2, 0.25) is 0 Å². The Bertz CT molecular complexity index is 1070. The van der Waals surface area contributed by atoms with Crippen molar-refractivity contribution in [2.24, 2.45) is 5.92 Å². The Morgan fingerprint density at radius 3 is 1.98 bits per heavy atom. The molecule has 0 aliphatic carbocycles. The summed E-state index contributed by atoms with van der Waals surface area (Å²) in [4.78, 5) is 36.5. The molecule has 0 spiro atoms. The van der Waals surface area contributed by atoms with Crippen LogP contribution in [-0.4, -0.2) is 42.2 Å². The van der Waals surface area contributed by atoms with Crippen molar-refractivity contribution in [2.45, 2.75) is 84.6 Å². The van der Waals surface area contributed by atoms with E-state index in [0.717, 1.165) is 51.4 Å². The van der Waals surface area contributed by atoms with E-state index in [-0.39, 0.29) is 23.8 Å². The summed E-state index contributed by atoms with van der Waals surface area (Å²) in [5.74, 6) is -2.27. The number of allylic oxidation sites excluding steroid dienone is 10. The summed E-state index contributed by atoms with van der Waals surface area (Å²) in [6.45, 7) is 6.27. The van der Waals surface area contributed by atoms with Crippen molar-refractivity contribution in [3.05, 3.63) is 90.6 Å². The Hall–Kier alpha value is -3.71. The Morgan fingerprint density at radius 1 is 0.833 bits per heavy atom. The predicted molar refractivity (Wildman–Crippen MR) is 170 cm³/mol. The summed E-state index contributed by atoms with van der Waals surface area (Å²) < 4.78 is 10.8. The van der Waals surface area contributed by atoms with Gasteiger partial charge in [0.1, 0.15) is 24.0 Å². The first-order valence-electron chi connectivity index (χ1n) is 15.0. The molecule has 1 unspecified atom stereocenters. The fourth-order valence-corrected chi connectivity index (χ4v) is 3.83. The topological polar surface area (TPSA) is 102 Å². The lowest BCUT2D eigenvalue weighted by Gasteiger charge is -2.19. The van der Waals surface area contributed by atoms with Gasteiger partial charge in [0.15, 0.2) is 0 Å². The second-order valence-corrected chi connectivity index (χ2v) is 10.2. The number of carboxylic acids is 1. The van der Waals surface area contributed by atoms with Gasteiger partial charge in [0.05, 0.1) is 0 Å². The third kappa shape index (κ3) is 18.6. The summed E-state index contributed by atoms with van der Waals surface area (Å²) in [5, 5.41) is 12.0. The van der Waals surface area contributed by atoms with Crippen LogP contribution < -0.4 is 10.1 Å². The predicted octanol–water partition coefficient (Wildman–Crippen LogP) is 7.76. The number of esters is 1. The zero-order chi connectivity index (χ0) is 30.8. The van der Waals surface area contributed by atoms with Crippen LogP contribution in [-0.2, 0) is 14.3 Å². The maximum Gasteiger partial charge on any atom is 0.339 e. The van der Waals surface area contributed by atoms with Gasteiger partial charge < -0.3 is 19.9 Å². The number of para-hydroxylation sites is 1. The van der Waals surface area contributed by atoms with Crippen LogP contribution >= 0.6 is 0 Å². The molecule has 1 amide bonds. The number of carbonyl (C=O) groups excluding carboxylic acids is 2. The third-order valence-electron chi connectivity index (χ3n) is 5.96. The number of carbonyl (C=O) groups is 3. The first kappa shape index (κ1) is 36.3. The highest BCUT2D eigenvalue weighted by atomic mass is 16.5. The quantitative estimate of drug-likeness (QED) is 0.0630. The van der Waals surface area contributed by atoms with E-state index in [9.17, 15) is 19.5 Å². The van der Waals surface area contributed by atoms with Crippen molar-refractivity contribution >= 4 is 17.8 Å². The van der Waals surface area contributed by atoms with E-state index in [1.807, 2.05) is 13.8 Å². The highest BCUT2D eigenvalue weighted by molar-refractivity contribution is 5.93. The van der Waals surface area contributed by atoms with Gasteiger partial charge in [-0.15, -0.1) is 0 Å². The lowest BCUT2D eigenvalue weighted by Crippen LogP contribution is -2.45. The van der Waals surface area contributed by atoms with Crippen molar-refractivity contribution in [3.63, 3.8) is 0 Å². The van der Waals surface area contributed by atoms with Gasteiger partial charge in [-0.25, -0.2) is 9.59 Å². The average molecular weight is 580 g/mol. The number of unbranched alkanes of at least 4 members (excludes halogenated alkanes) is 2. The molecule has 1 rings (SSSR count). The summed E-state index contributed by atoms with van der Waals surface area (Å²) in [7, 11) is 0. The minimum Gasteiger partial charge on any atom is -0.478 e. The first-order chi connectivity index (χ1) is 20.3. The minimum atomic E-state index is -1.20. The molecule has 1 aromatic carbocycles. The molecule has 1 atom stereocenters. The molecule has 42 heavy (non-hydrogen) atoms. The third-order valence-corrected chi connectivity index (χ3v) is 5.96. The average Bonchev–Trinajstić information content (AvgIpc) is 2.95. The summed E-state index contributed by atoms with van der Waals surface area (Å²) in [6.07, 6.45) is 29.8. The number of hydrogen-bond acceptors (Lipinski definition) is 5. The summed E-state index contributed by atoms with van der Waals surface area (Å²) >= 11 is 0. The number of benzene rings is 1. The van der Waals surface area contributed by atoms with Crippen molar-refractivity contribution in [2.75, 3.05) is 13.2 Å². The van der Waals surface area contributed by atoms with Gasteiger partial charge in [-0.2, -0.15) is 0 Å². The fourth-order valence-electron chi connectivity index (χ4n) is 3.83. The lowest BCUT2D eigenvalue weighted by atomic mass is 10.0. The Kier molecular flexibility index (Phi) is 20.7. The van der Waals surface area contributed by atoms with Crippen LogP contribution in [0.5, 0.6) is 5.75 Å². The zero-order valence-corrected chi connectivity index (χ0v) is 25.5. The summed E-state index contributed by atoms with van der Waals surface area (Å²) in [5.41, 5.74) is -0.117. The van der Waals surface area contributed by atoms with Gasteiger partial charge in [0, 0.05) is 6.61 Å². The Morgan fingerprint density at radius 2 is 1.40 bits per heavy atom. The molecule has 0 aromatic heterocycles. The highest BCUT2D eigenvalue weighted by Crippen LogP contribution is 2.19. The maximum absolute atomic E-state index is 12.7. The monoisotopic (exact) mass is 579 g/mol. The smallest absolute Gasteiger partial charge is 0.339 e. The Balaban J connectivity index is 2.21. The molecule has 0 heterocycles. The van der Waals surface area contributed by atoms with Crippen LogP contribution in [0.1, 0.15) is 88.9 Å². The van der Waals surface area contributed by atoms with Gasteiger partial charge in [-0.1, -0.05) is 93.7 Å². The molecule has 230 valence electrons. The second-order valence-electron chi connectivity index (χ2n) is 10.2. The number of amides is 1. The van der Waals surface area contributed by atoms with Gasteiger partial charge in [0.25, 0.3) is 0 Å². The molecule has 0 saturated heterocycles. The van der Waals surface area contributed by atoms with Crippen LogP contribution in [0.3, 0.4) is 0 Å². The van der Waals surface area contributed by atoms with E-state index in [1.165, 1.54) is 12.1 Å². The molecule has 2 N–H and O–H groups in total. The number of hydrogen-bond donors (Lipinski definition) is 2. The fraction of sp³-hybridized carbons (Fsp3) is 0.457. The van der Waals surface area contributed by atoms with Crippen LogP contribution in [0.15, 0.2) is 85.0 Å². The number of carboxylic acid groups (broad SMARTS) is 1. The van der Waals surface area contributed by atoms with E-state index in [4.69, 9.17) is 9.47 Å². The largest absolute Gasteiger partial charge is 0.478 e. The SMILES string of the molecule is CC/C=C\C/C=C\C/C=C\C/C=C\C/C=C\CCCCOCC(=O)NC(CC(C)C)C(=O)Oc1ccccc1C(=O)O. The molecular formula is C35H49NO6. The molecule has 0 aliphatic heterocycles. The van der Waals surface area contributed by atoms with Crippen molar-refractivity contribution in [3.8, 4) is 5.75 Å². The number of ether oxygens (including phenoxy) is 2. The van der Waals surface area contributed by atoms with Crippen molar-refractivity contribution in [1.29, 1.82) is 0 Å². The normalized spacial score (nSPS) is 12.9. The standard InChI is InChI=1S/C35H49NO6/c1-4-5-6-7-8-9-10-11-12-13-14-15-16-17-18-19-20-23-26-41-28-33(37)36-31(27-29(2)3)35(40)42-32-25-22-21-24-30(32)34(38)39/h5-6,8-9,11-12,14-15,17-18,21-22,24-25,29,31H,4,7,10,13,16,19-20,23,26-28H2,1-3H3,(H,36,37)(H,38,39)/b6-5-,9-8-,12-11-,15-14-,18-17-. The van der Waals surface area contributed by atoms with Crippen molar-refractivity contribution < 1.29 is 29.0 Å². The molecule has 0 radical (unpaired) electrons. The van der Waals surface area contributed by atoms with E-state index in [2.05, 4.69) is 73.0 Å². The molecular weight excluding hydrogens is 530 g/mol. The van der Waals surface area contributed by atoms with E-state index in [1.54, 1.807) is 12.1 Å². The highest BCUT2D eigenvalue weighted by Gasteiger charge is 2.25. The van der Waals surface area contributed by atoms with Crippen LogP contribution in [0, 0.1) is 5.92 Å². The van der Waals surface area contributed by atoms with E-state index >= 15 is 0 Å². The minimum absolute atomic E-state index is 0.0539. The summed E-state index contributed by atoms with van der Waals surface area (Å²) in [6, 6.07) is 5.00. The van der Waals surface area contributed by atoms with Gasteiger partial charge in [-0.3, -0.25) is 4.79 Å². The zero-order valence-electron chi connectivity index (χ0n) is 25.5. The second kappa shape index (κ2) is 23.9. The van der Waals surface area contributed by atoms with Gasteiger partial charge in [0.2, 0.25) is 5.91 Å². The molecule has 0 saturated carbocycles. The van der Waals surface area contributed by atoms with Crippen LogP contribution in [0.4, 0.5) is 0 Å². The molecule has 0 fully saturated rings. The first-order valence-corrected chi connectivity index (χ1v) is 15.0. The van der Waals surface area contributed by atoms with Crippen molar-refractivity contribution in [1.82, 2.24) is 5.32 Å². The molecule has 0 aliphatic rings. The van der Waals surface area contributed by atoms with Crippen LogP contribution in [0.25, 0.3) is 0 Å². The van der Waals surface area contributed by atoms with Gasteiger partial charge in [-0.05, 0) is 75.8 Å². The Labute approximate surface area is 252 Å². The van der Waals surface area contributed by atoms with E-state index < -0.39 is 23.9 Å². The van der Waals surface area contributed by atoms with E-state index in [0.29, 0.717) is 13.0 Å². The molecule has 1 aromatic rings. The number of rotatable bonds is 22. The molecule has 7 heteroatoms. The number of aromatic carboxylic acids is 1.